The van der Waals surface area contributed by atoms with Crippen LogP contribution in [0.3, 0.4) is 0 Å². The van der Waals surface area contributed by atoms with E-state index in [2.05, 4.69) is 10.1 Å². The number of aliphatic hydroxyl groups is 4. The molecule has 0 heterocycles. The number of anilines is 1. The van der Waals surface area contributed by atoms with Crippen LogP contribution in [0.15, 0.2) is 24.3 Å². The van der Waals surface area contributed by atoms with Gasteiger partial charge in [0, 0.05) is 12.2 Å². The molecule has 0 saturated heterocycles. The first-order valence-electron chi connectivity index (χ1n) is 6.07. The summed E-state index contributed by atoms with van der Waals surface area (Å²) in [6, 6.07) is 6.53. The van der Waals surface area contributed by atoms with Crippen molar-refractivity contribution in [1.29, 1.82) is 0 Å². The predicted octanol–water partition coefficient (Wildman–Crippen LogP) is -1.04. The van der Waals surface area contributed by atoms with E-state index in [1.807, 2.05) is 0 Å². The molecule has 112 valence electrons. The quantitative estimate of drug-likeness (QED) is 0.406. The van der Waals surface area contributed by atoms with E-state index >= 15 is 0 Å². The summed E-state index contributed by atoms with van der Waals surface area (Å²) < 4.78 is 4.62. The third kappa shape index (κ3) is 4.17. The molecule has 0 aliphatic carbocycles. The van der Waals surface area contributed by atoms with E-state index in [1.165, 1.54) is 7.11 Å². The van der Waals surface area contributed by atoms with Crippen LogP contribution >= 0.6 is 0 Å². The van der Waals surface area contributed by atoms with Gasteiger partial charge in [0.05, 0.1) is 25.4 Å². The molecule has 20 heavy (non-hydrogen) atoms. The third-order valence-corrected chi connectivity index (χ3v) is 2.81. The molecule has 0 radical (unpaired) electrons. The summed E-state index contributed by atoms with van der Waals surface area (Å²) in [7, 11) is 1.26. The maximum atomic E-state index is 11.5. The number of benzene rings is 1. The molecule has 1 aromatic rings. The Labute approximate surface area is 116 Å². The van der Waals surface area contributed by atoms with E-state index in [0.717, 1.165) is 0 Å². The van der Waals surface area contributed by atoms with Crippen LogP contribution in [0.25, 0.3) is 0 Å². The number of para-hydroxylation sites is 1. The lowest BCUT2D eigenvalue weighted by atomic mass is 10.1. The molecule has 0 unspecified atom stereocenters. The Bertz CT molecular complexity index is 439. The molecule has 0 aliphatic rings. The standard InChI is InChI=1S/C13H19NO6/c1-20-13(19)8-4-2-3-5-9(8)14-6-10(16)12(18)11(17)7-15/h2-5,10-12,14-18H,6-7H2,1H3/t10-,11+,12+/m0/s1. The van der Waals surface area contributed by atoms with Crippen LogP contribution < -0.4 is 5.32 Å². The Balaban J connectivity index is 2.68. The number of carbonyl (C=O) groups is 1. The number of aliphatic hydroxyl groups excluding tert-OH is 4. The van der Waals surface area contributed by atoms with Crippen molar-refractivity contribution in [2.45, 2.75) is 18.3 Å². The Morgan fingerprint density at radius 1 is 1.25 bits per heavy atom. The summed E-state index contributed by atoms with van der Waals surface area (Å²) in [5.41, 5.74) is 0.725. The number of hydrogen-bond donors (Lipinski definition) is 5. The molecule has 7 heteroatoms. The third-order valence-electron chi connectivity index (χ3n) is 2.81. The molecule has 0 aromatic heterocycles. The first kappa shape index (κ1) is 16.4. The fraction of sp³-hybridized carbons (Fsp3) is 0.462. The van der Waals surface area contributed by atoms with E-state index in [-0.39, 0.29) is 6.54 Å². The fourth-order valence-electron chi connectivity index (χ4n) is 1.62. The van der Waals surface area contributed by atoms with Crippen molar-refractivity contribution in [3.63, 3.8) is 0 Å². The van der Waals surface area contributed by atoms with Crippen LogP contribution in [0.1, 0.15) is 10.4 Å². The van der Waals surface area contributed by atoms with E-state index in [0.29, 0.717) is 11.3 Å². The minimum Gasteiger partial charge on any atom is -0.465 e. The number of nitrogens with one attached hydrogen (secondary N) is 1. The molecule has 0 spiro atoms. The second-order valence-electron chi connectivity index (χ2n) is 4.23. The van der Waals surface area contributed by atoms with Gasteiger partial charge in [0.25, 0.3) is 0 Å². The van der Waals surface area contributed by atoms with Crippen molar-refractivity contribution in [2.75, 3.05) is 25.6 Å². The topological polar surface area (TPSA) is 119 Å². The Morgan fingerprint density at radius 2 is 1.90 bits per heavy atom. The van der Waals surface area contributed by atoms with Gasteiger partial charge in [-0.25, -0.2) is 4.79 Å². The second-order valence-corrected chi connectivity index (χ2v) is 4.23. The molecule has 1 rings (SSSR count). The summed E-state index contributed by atoms with van der Waals surface area (Å²) in [5.74, 6) is -0.529. The maximum Gasteiger partial charge on any atom is 0.339 e. The van der Waals surface area contributed by atoms with Crippen LogP contribution in [0.4, 0.5) is 5.69 Å². The normalized spacial score (nSPS) is 15.2. The Kier molecular flexibility index (Phi) is 6.40. The number of hydrogen-bond acceptors (Lipinski definition) is 7. The summed E-state index contributed by atoms with van der Waals surface area (Å²) in [6.45, 7) is -0.761. The lowest BCUT2D eigenvalue weighted by molar-refractivity contribution is -0.0715. The summed E-state index contributed by atoms with van der Waals surface area (Å²) in [5, 5.41) is 39.8. The largest absolute Gasteiger partial charge is 0.465 e. The lowest BCUT2D eigenvalue weighted by Crippen LogP contribution is -2.43. The summed E-state index contributed by atoms with van der Waals surface area (Å²) in [4.78, 5) is 11.5. The molecule has 1 aromatic carbocycles. The molecular weight excluding hydrogens is 266 g/mol. The minimum atomic E-state index is -1.49. The van der Waals surface area contributed by atoms with Crippen molar-refractivity contribution in [1.82, 2.24) is 0 Å². The van der Waals surface area contributed by atoms with Gasteiger partial charge in [-0.3, -0.25) is 0 Å². The zero-order chi connectivity index (χ0) is 15.1. The molecule has 3 atom stereocenters. The van der Waals surface area contributed by atoms with Gasteiger partial charge in [-0.05, 0) is 12.1 Å². The molecule has 7 nitrogen and oxygen atoms in total. The number of methoxy groups -OCH3 is 1. The van der Waals surface area contributed by atoms with Gasteiger partial charge in [0.1, 0.15) is 12.2 Å². The van der Waals surface area contributed by atoms with Gasteiger partial charge in [0.2, 0.25) is 0 Å². The average molecular weight is 285 g/mol. The van der Waals surface area contributed by atoms with Gasteiger partial charge < -0.3 is 30.5 Å². The number of carbonyl (C=O) groups excluding carboxylic acids is 1. The molecular formula is C13H19NO6. The van der Waals surface area contributed by atoms with Gasteiger partial charge in [-0.1, -0.05) is 12.1 Å². The minimum absolute atomic E-state index is 0.105. The van der Waals surface area contributed by atoms with E-state index < -0.39 is 30.9 Å². The highest BCUT2D eigenvalue weighted by molar-refractivity contribution is 5.95. The van der Waals surface area contributed by atoms with Gasteiger partial charge in [0.15, 0.2) is 0 Å². The van der Waals surface area contributed by atoms with E-state index in [1.54, 1.807) is 24.3 Å². The van der Waals surface area contributed by atoms with Crippen LogP contribution in [0, 0.1) is 0 Å². The van der Waals surface area contributed by atoms with Crippen molar-refractivity contribution < 1.29 is 30.0 Å². The molecule has 5 N–H and O–H groups in total. The molecule has 0 bridgehead atoms. The zero-order valence-corrected chi connectivity index (χ0v) is 11.1. The monoisotopic (exact) mass is 285 g/mol. The highest BCUT2D eigenvalue weighted by Gasteiger charge is 2.24. The maximum absolute atomic E-state index is 11.5. The average Bonchev–Trinajstić information content (AvgIpc) is 2.50. The van der Waals surface area contributed by atoms with Crippen molar-refractivity contribution in [3.8, 4) is 0 Å². The first-order valence-corrected chi connectivity index (χ1v) is 6.07. The van der Waals surface area contributed by atoms with E-state index in [9.17, 15) is 20.1 Å². The summed E-state index contributed by atoms with van der Waals surface area (Å²) in [6.07, 6.45) is -4.22. The van der Waals surface area contributed by atoms with Crippen LogP contribution in [0.5, 0.6) is 0 Å². The van der Waals surface area contributed by atoms with Crippen LogP contribution in [-0.2, 0) is 4.74 Å². The van der Waals surface area contributed by atoms with Crippen LogP contribution in [0.2, 0.25) is 0 Å². The zero-order valence-electron chi connectivity index (χ0n) is 11.1. The SMILES string of the molecule is COC(=O)c1ccccc1NC[C@H](O)[C@@H](O)[C@H](O)CO. The van der Waals surface area contributed by atoms with Gasteiger partial charge in [-0.15, -0.1) is 0 Å². The highest BCUT2D eigenvalue weighted by atomic mass is 16.5. The van der Waals surface area contributed by atoms with E-state index in [4.69, 9.17) is 5.11 Å². The fourth-order valence-corrected chi connectivity index (χ4v) is 1.62. The summed E-state index contributed by atoms with van der Waals surface area (Å²) >= 11 is 0. The van der Waals surface area contributed by atoms with Crippen molar-refractivity contribution in [2.24, 2.45) is 0 Å². The molecule has 0 aliphatic heterocycles. The van der Waals surface area contributed by atoms with Crippen molar-refractivity contribution in [3.05, 3.63) is 29.8 Å². The van der Waals surface area contributed by atoms with Gasteiger partial charge in [-0.2, -0.15) is 0 Å². The molecule has 0 saturated carbocycles. The Hall–Kier alpha value is -1.67. The Morgan fingerprint density at radius 3 is 2.50 bits per heavy atom. The lowest BCUT2D eigenvalue weighted by Gasteiger charge is -2.22. The second kappa shape index (κ2) is 7.81. The van der Waals surface area contributed by atoms with Crippen molar-refractivity contribution >= 4 is 11.7 Å². The van der Waals surface area contributed by atoms with Gasteiger partial charge >= 0.3 is 5.97 Å². The smallest absolute Gasteiger partial charge is 0.339 e. The number of rotatable bonds is 7. The molecule has 0 amide bonds. The highest BCUT2D eigenvalue weighted by Crippen LogP contribution is 2.16. The van der Waals surface area contributed by atoms with Crippen LogP contribution in [-0.4, -0.2) is 65.0 Å². The predicted molar refractivity (Wildman–Crippen MR) is 71.4 cm³/mol. The number of ether oxygens (including phenoxy) is 1. The first-order chi connectivity index (χ1) is 9.51. The molecule has 0 fully saturated rings. The number of esters is 1.